The molecule has 0 unspecified atom stereocenters. The highest BCUT2D eigenvalue weighted by Gasteiger charge is 2.35. The van der Waals surface area contributed by atoms with E-state index in [0.717, 1.165) is 4.57 Å². The molecule has 12 heteroatoms. The molecule has 210 valence electrons. The molecule has 1 aromatic carbocycles. The number of nitriles is 1. The van der Waals surface area contributed by atoms with Crippen LogP contribution in [-0.4, -0.2) is 37.5 Å². The number of aryl methyl sites for hydroxylation is 3. The Bertz CT molecular complexity index is 1710. The highest BCUT2D eigenvalue weighted by molar-refractivity contribution is 7.21. The molecule has 40 heavy (non-hydrogen) atoms. The van der Waals surface area contributed by atoms with Crippen molar-refractivity contribution in [3.63, 3.8) is 0 Å². The lowest BCUT2D eigenvalue weighted by Crippen LogP contribution is -2.56. The van der Waals surface area contributed by atoms with Crippen molar-refractivity contribution in [3.8, 4) is 16.8 Å². The van der Waals surface area contributed by atoms with Crippen molar-refractivity contribution < 1.29 is 13.9 Å². The normalized spacial score (nSPS) is 11.7. The summed E-state index contributed by atoms with van der Waals surface area (Å²) in [4.78, 5) is 41.5. The highest BCUT2D eigenvalue weighted by Crippen LogP contribution is 2.32. The SMILES string of the molecule is Cc1c(-n2cccn2)sc2c1c(=O)n(C(C)(C)C(=O)NC(C)C)c(=O)n2CCc1cc(F)ccc1OCCC#N. The second-order valence-corrected chi connectivity index (χ2v) is 11.2. The summed E-state index contributed by atoms with van der Waals surface area (Å²) in [6.45, 7) is 8.67. The van der Waals surface area contributed by atoms with Gasteiger partial charge in [0.05, 0.1) is 17.9 Å². The summed E-state index contributed by atoms with van der Waals surface area (Å²) < 4.78 is 24.0. The molecule has 1 amide bonds. The average Bonchev–Trinajstić information content (AvgIpc) is 3.53. The lowest BCUT2D eigenvalue weighted by molar-refractivity contribution is -0.129. The van der Waals surface area contributed by atoms with E-state index in [4.69, 9.17) is 10.00 Å². The van der Waals surface area contributed by atoms with Crippen LogP contribution in [0.5, 0.6) is 5.75 Å². The maximum absolute atomic E-state index is 14.2. The summed E-state index contributed by atoms with van der Waals surface area (Å²) in [6, 6.07) is 7.65. The fourth-order valence-corrected chi connectivity index (χ4v) is 5.76. The van der Waals surface area contributed by atoms with E-state index < -0.39 is 28.5 Å². The number of fused-ring (bicyclic) bond motifs is 1. The molecule has 0 saturated carbocycles. The van der Waals surface area contributed by atoms with Crippen molar-refractivity contribution in [2.45, 2.75) is 65.6 Å². The average molecular weight is 567 g/mol. The minimum atomic E-state index is -1.50. The van der Waals surface area contributed by atoms with Gasteiger partial charge < -0.3 is 10.1 Å². The zero-order valence-electron chi connectivity index (χ0n) is 23.0. The quantitative estimate of drug-likeness (QED) is 0.292. The number of hydrogen-bond acceptors (Lipinski definition) is 7. The number of carbonyl (C=O) groups is 1. The van der Waals surface area contributed by atoms with Gasteiger partial charge >= 0.3 is 5.69 Å². The highest BCUT2D eigenvalue weighted by atomic mass is 32.1. The second-order valence-electron chi connectivity index (χ2n) is 10.2. The van der Waals surface area contributed by atoms with Gasteiger partial charge in [0.15, 0.2) is 0 Å². The van der Waals surface area contributed by atoms with E-state index in [-0.39, 0.29) is 32.0 Å². The van der Waals surface area contributed by atoms with E-state index in [1.807, 2.05) is 6.07 Å². The van der Waals surface area contributed by atoms with Gasteiger partial charge in [0.2, 0.25) is 5.91 Å². The third-order valence-corrected chi connectivity index (χ3v) is 7.84. The van der Waals surface area contributed by atoms with Gasteiger partial charge in [-0.1, -0.05) is 11.3 Å². The minimum absolute atomic E-state index is 0.0774. The summed E-state index contributed by atoms with van der Waals surface area (Å²) in [5, 5.41) is 16.9. The monoisotopic (exact) mass is 566 g/mol. The van der Waals surface area contributed by atoms with Crippen molar-refractivity contribution in [1.82, 2.24) is 24.2 Å². The summed E-state index contributed by atoms with van der Waals surface area (Å²) in [5.41, 5.74) is -1.59. The number of benzene rings is 1. The summed E-state index contributed by atoms with van der Waals surface area (Å²) in [6.07, 6.45) is 3.72. The molecule has 0 radical (unpaired) electrons. The molecule has 0 atom stereocenters. The summed E-state index contributed by atoms with van der Waals surface area (Å²) in [5.74, 6) is -0.527. The third-order valence-electron chi connectivity index (χ3n) is 6.53. The predicted molar refractivity (Wildman–Crippen MR) is 151 cm³/mol. The molecule has 0 aliphatic rings. The van der Waals surface area contributed by atoms with Gasteiger partial charge in [-0.3, -0.25) is 14.2 Å². The maximum Gasteiger partial charge on any atom is 0.333 e. The third kappa shape index (κ3) is 5.42. The van der Waals surface area contributed by atoms with E-state index in [2.05, 4.69) is 10.4 Å². The Balaban J connectivity index is 1.90. The zero-order valence-corrected chi connectivity index (χ0v) is 23.8. The first-order chi connectivity index (χ1) is 19.0. The van der Waals surface area contributed by atoms with Crippen LogP contribution in [0, 0.1) is 24.1 Å². The lowest BCUT2D eigenvalue weighted by atomic mass is 10.0. The van der Waals surface area contributed by atoms with E-state index in [9.17, 15) is 18.8 Å². The molecule has 0 aliphatic heterocycles. The second kappa shape index (κ2) is 11.5. The van der Waals surface area contributed by atoms with Gasteiger partial charge in [-0.2, -0.15) is 10.4 Å². The van der Waals surface area contributed by atoms with Crippen LogP contribution in [0.2, 0.25) is 0 Å². The van der Waals surface area contributed by atoms with Gasteiger partial charge in [-0.15, -0.1) is 0 Å². The lowest BCUT2D eigenvalue weighted by Gasteiger charge is -2.27. The van der Waals surface area contributed by atoms with Crippen LogP contribution in [0.25, 0.3) is 15.2 Å². The number of amides is 1. The largest absolute Gasteiger partial charge is 0.492 e. The summed E-state index contributed by atoms with van der Waals surface area (Å²) >= 11 is 1.24. The van der Waals surface area contributed by atoms with Crippen LogP contribution in [0.15, 0.2) is 46.2 Å². The van der Waals surface area contributed by atoms with E-state index >= 15 is 0 Å². The van der Waals surface area contributed by atoms with Gasteiger partial charge in [-0.25, -0.2) is 18.4 Å². The molecule has 4 rings (SSSR count). The molecule has 10 nitrogen and oxygen atoms in total. The van der Waals surface area contributed by atoms with Crippen molar-refractivity contribution in [3.05, 3.63) is 74.4 Å². The Kier molecular flexibility index (Phi) is 8.25. The molecule has 3 heterocycles. The van der Waals surface area contributed by atoms with Crippen molar-refractivity contribution in [1.29, 1.82) is 5.26 Å². The molecule has 3 aromatic heterocycles. The predicted octanol–water partition coefficient (Wildman–Crippen LogP) is 3.65. The standard InChI is InChI=1S/C28H31FN6O4S/c1-17(2)32-26(37)28(4,5)35-23(36)22-18(3)24(34-13-7-12-31-34)40-25(22)33(27(35)38)14-10-19-16-20(29)8-9-21(19)39-15-6-11-30/h7-9,12-13,16-17H,6,10,14-15H2,1-5H3,(H,32,37). The molecule has 0 spiro atoms. The number of aromatic nitrogens is 4. The van der Waals surface area contributed by atoms with Crippen LogP contribution in [0.4, 0.5) is 4.39 Å². The minimum Gasteiger partial charge on any atom is -0.492 e. The Morgan fingerprint density at radius 2 is 2.05 bits per heavy atom. The van der Waals surface area contributed by atoms with Crippen LogP contribution in [0.3, 0.4) is 0 Å². The fraction of sp³-hybridized carbons (Fsp3) is 0.393. The van der Waals surface area contributed by atoms with E-state index in [1.165, 1.54) is 48.0 Å². The molecule has 0 saturated heterocycles. The Labute approximate surface area is 234 Å². The first-order valence-electron chi connectivity index (χ1n) is 12.9. The Morgan fingerprint density at radius 1 is 1.30 bits per heavy atom. The number of hydrogen-bond donors (Lipinski definition) is 1. The molecular weight excluding hydrogens is 535 g/mol. The van der Waals surface area contributed by atoms with E-state index in [0.29, 0.717) is 32.1 Å². The van der Waals surface area contributed by atoms with Gasteiger partial charge in [0.25, 0.3) is 5.56 Å². The zero-order chi connectivity index (χ0) is 29.2. The molecule has 0 fully saturated rings. The fourth-order valence-electron chi connectivity index (χ4n) is 4.50. The van der Waals surface area contributed by atoms with Crippen molar-refractivity contribution in [2.24, 2.45) is 0 Å². The molecule has 4 aromatic rings. The summed E-state index contributed by atoms with van der Waals surface area (Å²) in [7, 11) is 0. The molecule has 0 bridgehead atoms. The number of nitrogens with zero attached hydrogens (tertiary/aromatic N) is 5. The smallest absolute Gasteiger partial charge is 0.333 e. The maximum atomic E-state index is 14.2. The van der Waals surface area contributed by atoms with Gasteiger partial charge in [0, 0.05) is 30.5 Å². The number of ether oxygens (including phenoxy) is 1. The van der Waals surface area contributed by atoms with Gasteiger partial charge in [-0.05, 0) is 70.9 Å². The number of thiophene rings is 1. The molecule has 1 N–H and O–H groups in total. The number of carbonyl (C=O) groups excluding carboxylic acids is 1. The number of nitrogens with one attached hydrogen (secondary N) is 1. The van der Waals surface area contributed by atoms with Crippen LogP contribution < -0.4 is 21.3 Å². The van der Waals surface area contributed by atoms with Crippen LogP contribution >= 0.6 is 11.3 Å². The van der Waals surface area contributed by atoms with Crippen LogP contribution in [-0.2, 0) is 23.3 Å². The van der Waals surface area contributed by atoms with Gasteiger partial charge in [0.1, 0.15) is 33.5 Å². The van der Waals surface area contributed by atoms with Crippen LogP contribution in [0.1, 0.15) is 45.2 Å². The molecule has 0 aliphatic carbocycles. The Morgan fingerprint density at radius 3 is 2.70 bits per heavy atom. The number of halogens is 1. The molecular formula is C28H31FN6O4S. The van der Waals surface area contributed by atoms with Crippen molar-refractivity contribution in [2.75, 3.05) is 6.61 Å². The number of rotatable bonds is 10. The first kappa shape index (κ1) is 28.8. The topological polar surface area (TPSA) is 124 Å². The Hall–Kier alpha value is -4.24. The van der Waals surface area contributed by atoms with E-state index in [1.54, 1.807) is 43.9 Å². The van der Waals surface area contributed by atoms with Crippen molar-refractivity contribution >= 4 is 27.5 Å². The first-order valence-corrected chi connectivity index (χ1v) is 13.7.